The van der Waals surface area contributed by atoms with Crippen LogP contribution >= 0.6 is 15.9 Å². The molecule has 3 heterocycles. The van der Waals surface area contributed by atoms with Gasteiger partial charge in [0.1, 0.15) is 11.8 Å². The van der Waals surface area contributed by atoms with Crippen LogP contribution in [0.15, 0.2) is 35.6 Å². The lowest BCUT2D eigenvalue weighted by Crippen LogP contribution is -2.01. The highest BCUT2D eigenvalue weighted by atomic mass is 79.9. The second kappa shape index (κ2) is 4.34. The third-order valence-corrected chi connectivity index (χ3v) is 2.98. The SMILES string of the molecule is Nc1ncnc2c1ncn2Cc1cncc(Br)c1. The summed E-state index contributed by atoms with van der Waals surface area (Å²) in [5.74, 6) is 0.395. The minimum Gasteiger partial charge on any atom is -0.382 e. The van der Waals surface area contributed by atoms with Crippen molar-refractivity contribution in [2.75, 3.05) is 5.73 Å². The molecule has 6 nitrogen and oxygen atoms in total. The summed E-state index contributed by atoms with van der Waals surface area (Å²) in [5, 5.41) is 0. The summed E-state index contributed by atoms with van der Waals surface area (Å²) >= 11 is 3.39. The molecule has 90 valence electrons. The molecule has 0 aliphatic heterocycles. The molecule has 3 rings (SSSR count). The van der Waals surface area contributed by atoms with Gasteiger partial charge in [-0.15, -0.1) is 0 Å². The van der Waals surface area contributed by atoms with Gasteiger partial charge in [0.05, 0.1) is 12.9 Å². The van der Waals surface area contributed by atoms with Crippen LogP contribution in [0, 0.1) is 0 Å². The van der Waals surface area contributed by atoms with Gasteiger partial charge in [-0.2, -0.15) is 0 Å². The predicted octanol–water partition coefficient (Wildman–Crippen LogP) is 1.61. The third-order valence-electron chi connectivity index (χ3n) is 2.54. The van der Waals surface area contributed by atoms with Gasteiger partial charge in [-0.05, 0) is 27.6 Å². The van der Waals surface area contributed by atoms with Gasteiger partial charge in [0.15, 0.2) is 11.5 Å². The summed E-state index contributed by atoms with van der Waals surface area (Å²) in [6.45, 7) is 0.638. The van der Waals surface area contributed by atoms with E-state index in [0.29, 0.717) is 17.9 Å². The van der Waals surface area contributed by atoms with E-state index in [1.165, 1.54) is 6.33 Å². The van der Waals surface area contributed by atoms with Crippen molar-refractivity contribution < 1.29 is 0 Å². The fourth-order valence-corrected chi connectivity index (χ4v) is 2.17. The van der Waals surface area contributed by atoms with Crippen LogP contribution in [-0.4, -0.2) is 24.5 Å². The molecule has 7 heteroatoms. The van der Waals surface area contributed by atoms with Gasteiger partial charge < -0.3 is 10.3 Å². The molecule has 2 N–H and O–H groups in total. The number of hydrogen-bond donors (Lipinski definition) is 1. The number of hydrogen-bond acceptors (Lipinski definition) is 5. The molecule has 0 aliphatic carbocycles. The molecule has 0 aromatic carbocycles. The molecule has 0 amide bonds. The lowest BCUT2D eigenvalue weighted by Gasteiger charge is -2.03. The molecule has 0 saturated heterocycles. The van der Waals surface area contributed by atoms with E-state index in [9.17, 15) is 0 Å². The van der Waals surface area contributed by atoms with Crippen molar-refractivity contribution in [3.8, 4) is 0 Å². The minimum atomic E-state index is 0.395. The lowest BCUT2D eigenvalue weighted by molar-refractivity contribution is 0.808. The summed E-state index contributed by atoms with van der Waals surface area (Å²) in [6.07, 6.45) is 6.70. The van der Waals surface area contributed by atoms with Crippen LogP contribution in [0.3, 0.4) is 0 Å². The van der Waals surface area contributed by atoms with Crippen molar-refractivity contribution >= 4 is 32.9 Å². The number of rotatable bonds is 2. The first-order valence-corrected chi connectivity index (χ1v) is 6.04. The zero-order chi connectivity index (χ0) is 12.5. The van der Waals surface area contributed by atoms with Gasteiger partial charge in [0, 0.05) is 16.9 Å². The number of aromatic nitrogens is 5. The summed E-state index contributed by atoms with van der Waals surface area (Å²) < 4.78 is 2.86. The van der Waals surface area contributed by atoms with Gasteiger partial charge in [-0.3, -0.25) is 4.98 Å². The Balaban J connectivity index is 2.03. The van der Waals surface area contributed by atoms with E-state index in [0.717, 1.165) is 15.7 Å². The van der Waals surface area contributed by atoms with Crippen molar-refractivity contribution in [2.45, 2.75) is 6.54 Å². The first-order valence-electron chi connectivity index (χ1n) is 5.25. The molecule has 0 radical (unpaired) electrons. The van der Waals surface area contributed by atoms with E-state index in [4.69, 9.17) is 5.73 Å². The predicted molar refractivity (Wildman–Crippen MR) is 70.8 cm³/mol. The van der Waals surface area contributed by atoms with Crippen LogP contribution in [-0.2, 0) is 6.54 Å². The maximum absolute atomic E-state index is 5.74. The van der Waals surface area contributed by atoms with Crippen molar-refractivity contribution in [2.24, 2.45) is 0 Å². The Hall–Kier alpha value is -2.02. The molecule has 0 spiro atoms. The molecule has 3 aromatic rings. The van der Waals surface area contributed by atoms with E-state index >= 15 is 0 Å². The lowest BCUT2D eigenvalue weighted by atomic mass is 10.3. The van der Waals surface area contributed by atoms with Gasteiger partial charge >= 0.3 is 0 Å². The Morgan fingerprint density at radius 2 is 2.11 bits per heavy atom. The molecule has 0 atom stereocenters. The Kier molecular flexibility index (Phi) is 2.67. The Morgan fingerprint density at radius 3 is 2.94 bits per heavy atom. The number of nitrogens with zero attached hydrogens (tertiary/aromatic N) is 5. The zero-order valence-corrected chi connectivity index (χ0v) is 10.9. The number of anilines is 1. The first kappa shape index (κ1) is 11.1. The van der Waals surface area contributed by atoms with Gasteiger partial charge in [-0.1, -0.05) is 0 Å². The second-order valence-electron chi connectivity index (χ2n) is 3.82. The Bertz CT molecular complexity index is 708. The number of nitrogens with two attached hydrogens (primary N) is 1. The zero-order valence-electron chi connectivity index (χ0n) is 9.29. The topological polar surface area (TPSA) is 82.5 Å². The number of halogens is 1. The molecular formula is C11H9BrN6. The monoisotopic (exact) mass is 304 g/mol. The summed E-state index contributed by atoms with van der Waals surface area (Å²) in [7, 11) is 0. The highest BCUT2D eigenvalue weighted by molar-refractivity contribution is 9.10. The van der Waals surface area contributed by atoms with E-state index in [1.807, 2.05) is 10.6 Å². The second-order valence-corrected chi connectivity index (χ2v) is 4.73. The quantitative estimate of drug-likeness (QED) is 0.778. The highest BCUT2D eigenvalue weighted by Crippen LogP contribution is 2.16. The summed E-state index contributed by atoms with van der Waals surface area (Å²) in [4.78, 5) is 16.5. The van der Waals surface area contributed by atoms with Crippen LogP contribution in [0.4, 0.5) is 5.82 Å². The smallest absolute Gasteiger partial charge is 0.165 e. The fraction of sp³-hybridized carbons (Fsp3) is 0.0909. The summed E-state index contributed by atoms with van der Waals surface area (Å²) in [6, 6.07) is 2.00. The fourth-order valence-electron chi connectivity index (χ4n) is 1.75. The van der Waals surface area contributed by atoms with Gasteiger partial charge in [0.25, 0.3) is 0 Å². The average Bonchev–Trinajstić information content (AvgIpc) is 2.74. The number of imidazole rings is 1. The van der Waals surface area contributed by atoms with Gasteiger partial charge in [-0.25, -0.2) is 15.0 Å². The molecule has 0 aliphatic rings. The van der Waals surface area contributed by atoms with E-state index in [2.05, 4.69) is 35.9 Å². The standard InChI is InChI=1S/C11H9BrN6/c12-8-1-7(2-14-3-8)4-18-6-17-9-10(13)15-5-16-11(9)18/h1-3,5-6H,4H2,(H2,13,15,16). The maximum Gasteiger partial charge on any atom is 0.165 e. The molecule has 3 aromatic heterocycles. The Labute approximate surface area is 111 Å². The van der Waals surface area contributed by atoms with Crippen LogP contribution in [0.1, 0.15) is 5.56 Å². The largest absolute Gasteiger partial charge is 0.382 e. The molecule has 0 bridgehead atoms. The van der Waals surface area contributed by atoms with Crippen molar-refractivity contribution in [3.63, 3.8) is 0 Å². The van der Waals surface area contributed by atoms with Crippen LogP contribution in [0.2, 0.25) is 0 Å². The van der Waals surface area contributed by atoms with Crippen LogP contribution in [0.5, 0.6) is 0 Å². The van der Waals surface area contributed by atoms with Gasteiger partial charge in [0.2, 0.25) is 0 Å². The molecule has 0 saturated carbocycles. The first-order chi connectivity index (χ1) is 8.74. The number of fused-ring (bicyclic) bond motifs is 1. The third kappa shape index (κ3) is 1.92. The molecular weight excluding hydrogens is 296 g/mol. The molecule has 18 heavy (non-hydrogen) atoms. The van der Waals surface area contributed by atoms with Crippen molar-refractivity contribution in [1.82, 2.24) is 24.5 Å². The van der Waals surface area contributed by atoms with E-state index in [1.54, 1.807) is 18.7 Å². The highest BCUT2D eigenvalue weighted by Gasteiger charge is 2.08. The number of nitrogen functional groups attached to an aromatic ring is 1. The Morgan fingerprint density at radius 1 is 1.22 bits per heavy atom. The van der Waals surface area contributed by atoms with Crippen LogP contribution < -0.4 is 5.73 Å². The van der Waals surface area contributed by atoms with E-state index < -0.39 is 0 Å². The minimum absolute atomic E-state index is 0.395. The van der Waals surface area contributed by atoms with Crippen molar-refractivity contribution in [1.29, 1.82) is 0 Å². The molecule has 0 unspecified atom stereocenters. The van der Waals surface area contributed by atoms with Crippen molar-refractivity contribution in [3.05, 3.63) is 41.2 Å². The normalized spacial score (nSPS) is 10.9. The number of pyridine rings is 1. The summed E-state index contributed by atoms with van der Waals surface area (Å²) in [5.41, 5.74) is 8.15. The average molecular weight is 305 g/mol. The maximum atomic E-state index is 5.74. The molecule has 0 fully saturated rings. The van der Waals surface area contributed by atoms with Crippen LogP contribution in [0.25, 0.3) is 11.2 Å². The van der Waals surface area contributed by atoms with E-state index in [-0.39, 0.29) is 0 Å².